The van der Waals surface area contributed by atoms with E-state index in [9.17, 15) is 0 Å². The Balaban J connectivity index is 0.000000181. The minimum Gasteiger partial charge on any atom is -0.147 e. The fourth-order valence-corrected chi connectivity index (χ4v) is 5.91. The van der Waals surface area contributed by atoms with Gasteiger partial charge in [0, 0.05) is 0 Å². The van der Waals surface area contributed by atoms with Crippen molar-refractivity contribution in [3.05, 3.63) is 168 Å². The summed E-state index contributed by atoms with van der Waals surface area (Å²) in [5.41, 5.74) is 8.49. The maximum absolute atomic E-state index is 3.39. The zero-order valence-corrected chi connectivity index (χ0v) is 26.3. The molecule has 2 aliphatic carbocycles. The third-order valence-corrected chi connectivity index (χ3v) is 7.60. The summed E-state index contributed by atoms with van der Waals surface area (Å²) in [6.45, 7) is 0. The molecule has 0 fully saturated rings. The third kappa shape index (κ3) is 8.58. The van der Waals surface area contributed by atoms with E-state index in [0.717, 1.165) is 25.7 Å². The molecule has 0 radical (unpaired) electrons. The quantitative estimate of drug-likeness (QED) is 0.261. The molecule has 0 amide bonds. The second-order valence-electron chi connectivity index (χ2n) is 9.49. The van der Waals surface area contributed by atoms with Gasteiger partial charge in [-0.25, -0.2) is 12.2 Å². The summed E-state index contributed by atoms with van der Waals surface area (Å²) < 4.78 is 1.60. The summed E-state index contributed by atoms with van der Waals surface area (Å²) >= 11 is 1.55. The van der Waals surface area contributed by atoms with Gasteiger partial charge in [0.2, 0.25) is 0 Å². The van der Waals surface area contributed by atoms with Crippen LogP contribution in [0.5, 0.6) is 0 Å². The van der Waals surface area contributed by atoms with Crippen molar-refractivity contribution < 1.29 is 49.0 Å². The van der Waals surface area contributed by atoms with E-state index in [-0.39, 0.29) is 24.8 Å². The molecule has 0 saturated heterocycles. The monoisotopic (exact) mass is 634 g/mol. The number of halogens is 2. The summed E-state index contributed by atoms with van der Waals surface area (Å²) in [6.07, 6.45) is 13.3. The van der Waals surface area contributed by atoms with Gasteiger partial charge in [0.25, 0.3) is 0 Å². The zero-order chi connectivity index (χ0) is 26.0. The molecule has 5 aromatic carbocycles. The molecule has 0 nitrogen and oxygen atoms in total. The molecule has 7 rings (SSSR count). The smallest absolute Gasteiger partial charge is 0.0246 e. The van der Waals surface area contributed by atoms with Gasteiger partial charge in [0.15, 0.2) is 0 Å². The Hall–Kier alpha value is -2.83. The summed E-state index contributed by atoms with van der Waals surface area (Å²) in [7, 11) is 0. The molecule has 3 heteroatoms. The van der Waals surface area contributed by atoms with Crippen LogP contribution in [-0.4, -0.2) is 3.21 Å². The van der Waals surface area contributed by atoms with Gasteiger partial charge in [-0.2, -0.15) is 6.08 Å². The standard InChI is InChI=1S/C17H11.C15H14.C5H5.2ClH.Zr/c1-3-7-14-12(5-1)9-10-16-15-8-4-2-6-13(15)11-17(14)16;1-3-8-14(9-4-1)12-7-13-15-10-5-2-6-11-15;1-2-4-5-3-1;;;/h1-6,8-10H,11H2;1-6,8-11H,12-13H2;1-3H,4H2;2*1H;/q-1;;-1;;;+2/p-2. The third-order valence-electron chi connectivity index (χ3n) is 6.73. The normalized spacial score (nSPS) is 11.6. The molecule has 0 aromatic heterocycles. The van der Waals surface area contributed by atoms with Crippen molar-refractivity contribution >= 4 is 14.0 Å². The number of fused-ring (bicyclic) bond motifs is 5. The van der Waals surface area contributed by atoms with Crippen LogP contribution < -0.4 is 24.8 Å². The van der Waals surface area contributed by atoms with Crippen LogP contribution in [0, 0.1) is 12.1 Å². The van der Waals surface area contributed by atoms with E-state index in [1.165, 1.54) is 44.2 Å². The fourth-order valence-electron chi connectivity index (χ4n) is 4.91. The Morgan fingerprint density at radius 2 is 1.32 bits per heavy atom. The minimum atomic E-state index is 0. The summed E-state index contributed by atoms with van der Waals surface area (Å²) in [5, 5.41) is 2.57. The first-order chi connectivity index (χ1) is 18.8. The van der Waals surface area contributed by atoms with Crippen LogP contribution in [-0.2, 0) is 43.5 Å². The van der Waals surface area contributed by atoms with Gasteiger partial charge in [-0.15, -0.1) is 47.0 Å². The maximum atomic E-state index is 3.39. The molecule has 0 aliphatic heterocycles. The summed E-state index contributed by atoms with van der Waals surface area (Å²) in [5.74, 6) is 0. The zero-order valence-electron chi connectivity index (χ0n) is 22.3. The van der Waals surface area contributed by atoms with Gasteiger partial charge in [0.05, 0.1) is 0 Å². The predicted octanol–water partition coefficient (Wildman–Crippen LogP) is 2.72. The van der Waals surface area contributed by atoms with Gasteiger partial charge < -0.3 is 24.8 Å². The SMILES string of the molecule is [C-]1=CC=CC1.[Cl-].[Cl-].[Zr+2]=[C](Cc1ccccc1)Cc1ccccc1.[c-]1cccc2ccc3c(c12)Cc1ccccc1-3. The Morgan fingerprint density at radius 3 is 1.93 bits per heavy atom. The van der Waals surface area contributed by atoms with E-state index < -0.39 is 0 Å². The van der Waals surface area contributed by atoms with E-state index in [1.54, 1.807) is 27.4 Å². The van der Waals surface area contributed by atoms with Crippen LogP contribution >= 0.6 is 0 Å². The molecule has 5 aromatic rings. The van der Waals surface area contributed by atoms with Gasteiger partial charge in [-0.1, -0.05) is 42.0 Å². The molecule has 2 aliphatic rings. The van der Waals surface area contributed by atoms with Crippen LogP contribution in [0.15, 0.2) is 133 Å². The van der Waals surface area contributed by atoms with Gasteiger partial charge >= 0.3 is 112 Å². The maximum Gasteiger partial charge on any atom is -0.0246 e. The molecule has 0 spiro atoms. The average molecular weight is 637 g/mol. The molecule has 40 heavy (non-hydrogen) atoms. The Kier molecular flexibility index (Phi) is 13.0. The largest absolute Gasteiger partial charge is 0.147 e. The first-order valence-corrected chi connectivity index (χ1v) is 14.4. The number of allylic oxidation sites excluding steroid dienone is 4. The molecular weight excluding hydrogens is 607 g/mol. The van der Waals surface area contributed by atoms with Gasteiger partial charge in [-0.05, 0) is 17.5 Å². The molecule has 0 bridgehead atoms. The van der Waals surface area contributed by atoms with Crippen molar-refractivity contribution in [3.63, 3.8) is 0 Å². The molecule has 198 valence electrons. The van der Waals surface area contributed by atoms with Crippen LogP contribution in [0.2, 0.25) is 0 Å². The molecule has 0 heterocycles. The van der Waals surface area contributed by atoms with Crippen molar-refractivity contribution in [3.8, 4) is 11.1 Å². The van der Waals surface area contributed by atoms with Gasteiger partial charge in [0.1, 0.15) is 0 Å². The van der Waals surface area contributed by atoms with E-state index >= 15 is 0 Å². The molecule has 0 atom stereocenters. The molecule has 0 unspecified atom stereocenters. The fraction of sp³-hybridized carbons (Fsp3) is 0.108. The Morgan fingerprint density at radius 1 is 0.675 bits per heavy atom. The van der Waals surface area contributed by atoms with Gasteiger partial charge in [-0.3, -0.25) is 6.08 Å². The van der Waals surface area contributed by atoms with E-state index in [4.69, 9.17) is 0 Å². The first kappa shape index (κ1) is 31.7. The van der Waals surface area contributed by atoms with Crippen molar-refractivity contribution in [2.45, 2.75) is 25.7 Å². The summed E-state index contributed by atoms with van der Waals surface area (Å²) in [6, 6.07) is 44.1. The van der Waals surface area contributed by atoms with Crippen LogP contribution in [0.1, 0.15) is 28.7 Å². The number of hydrogen-bond acceptors (Lipinski definition) is 0. The van der Waals surface area contributed by atoms with E-state index in [1.807, 2.05) is 18.2 Å². The Labute approximate surface area is 266 Å². The minimum absolute atomic E-state index is 0. The Bertz CT molecular complexity index is 1520. The number of rotatable bonds is 4. The topological polar surface area (TPSA) is 0 Å². The second kappa shape index (κ2) is 16.4. The van der Waals surface area contributed by atoms with Crippen molar-refractivity contribution in [1.29, 1.82) is 0 Å². The van der Waals surface area contributed by atoms with Crippen LogP contribution in [0.3, 0.4) is 0 Å². The summed E-state index contributed by atoms with van der Waals surface area (Å²) in [4.78, 5) is 0. The van der Waals surface area contributed by atoms with Crippen molar-refractivity contribution in [2.75, 3.05) is 0 Å². The molecular formula is C37H30Cl2Zr-2. The number of benzene rings is 5. The first-order valence-electron chi connectivity index (χ1n) is 13.1. The number of hydrogen-bond donors (Lipinski definition) is 0. The van der Waals surface area contributed by atoms with Crippen molar-refractivity contribution in [1.82, 2.24) is 0 Å². The molecule has 0 saturated carbocycles. The van der Waals surface area contributed by atoms with E-state index in [2.05, 4.69) is 127 Å². The van der Waals surface area contributed by atoms with Crippen LogP contribution in [0.4, 0.5) is 0 Å². The van der Waals surface area contributed by atoms with E-state index in [0.29, 0.717) is 0 Å². The molecule has 0 N–H and O–H groups in total. The predicted molar refractivity (Wildman–Crippen MR) is 158 cm³/mol. The average Bonchev–Trinajstić information content (AvgIpc) is 3.67. The van der Waals surface area contributed by atoms with Crippen molar-refractivity contribution in [2.24, 2.45) is 0 Å². The van der Waals surface area contributed by atoms with Crippen LogP contribution in [0.25, 0.3) is 21.9 Å². The second-order valence-corrected chi connectivity index (χ2v) is 11.2.